The molecule has 1 aliphatic rings. The normalized spacial score (nSPS) is 19.7. The molecule has 1 rings (SSSR count). The van der Waals surface area contributed by atoms with Crippen molar-refractivity contribution in [1.82, 2.24) is 0 Å². The van der Waals surface area contributed by atoms with Gasteiger partial charge in [-0.1, -0.05) is 0 Å². The molecule has 1 aliphatic carbocycles. The molecular formula is C5H8N2. The first-order valence-electron chi connectivity index (χ1n) is 2.63. The molecular weight excluding hydrogens is 88.1 g/mol. The summed E-state index contributed by atoms with van der Waals surface area (Å²) in [7, 11) is 0. The summed E-state index contributed by atoms with van der Waals surface area (Å²) < 4.78 is 0. The molecule has 0 spiro atoms. The lowest BCUT2D eigenvalue weighted by atomic mass is 10.3. The summed E-state index contributed by atoms with van der Waals surface area (Å²) in [5, 5.41) is 0. The minimum absolute atomic E-state index is 0.972. The molecule has 0 aromatic carbocycles. The summed E-state index contributed by atoms with van der Waals surface area (Å²) in [6.07, 6.45) is 4.44. The molecule has 0 aromatic heterocycles. The molecule has 0 N–H and O–H groups in total. The van der Waals surface area contributed by atoms with Gasteiger partial charge in [0, 0.05) is 12.8 Å². The monoisotopic (exact) mass is 96.1 g/mol. The van der Waals surface area contributed by atoms with E-state index in [9.17, 15) is 0 Å². The Morgan fingerprint density at radius 2 is 1.86 bits per heavy atom. The van der Waals surface area contributed by atoms with E-state index in [1.807, 2.05) is 0 Å². The standard InChI is InChI=1S/C5H8N2/c6-7-5-3-1-2-4-5/h1-4H2. The number of nitrogens with zero attached hydrogens (tertiary/aromatic N) is 2. The zero-order valence-corrected chi connectivity index (χ0v) is 4.22. The fraction of sp³-hybridized carbons (Fsp3) is 0.800. The molecule has 7 heavy (non-hydrogen) atoms. The summed E-state index contributed by atoms with van der Waals surface area (Å²) in [5.74, 6) is 0. The molecule has 0 bridgehead atoms. The lowest BCUT2D eigenvalue weighted by molar-refractivity contribution is -0.00919. The zero-order chi connectivity index (χ0) is 5.11. The van der Waals surface area contributed by atoms with E-state index >= 15 is 0 Å². The highest BCUT2D eigenvalue weighted by molar-refractivity contribution is 5.80. The lowest BCUT2D eigenvalue weighted by Crippen LogP contribution is -1.86. The Bertz CT molecular complexity index is 103. The maximum Gasteiger partial charge on any atom is 0.268 e. The predicted octanol–water partition coefficient (Wildman–Crippen LogP) is 1.23. The third-order valence-corrected chi connectivity index (χ3v) is 1.32. The molecule has 0 atom stereocenters. The molecule has 1 fully saturated rings. The average molecular weight is 96.1 g/mol. The van der Waals surface area contributed by atoms with Crippen molar-refractivity contribution in [2.24, 2.45) is 0 Å². The maximum absolute atomic E-state index is 8.15. The molecule has 0 aromatic rings. The van der Waals surface area contributed by atoms with E-state index in [1.165, 1.54) is 12.8 Å². The molecule has 0 unspecified atom stereocenters. The van der Waals surface area contributed by atoms with Crippen LogP contribution in [0, 0.1) is 0 Å². The van der Waals surface area contributed by atoms with Crippen molar-refractivity contribution in [2.45, 2.75) is 25.7 Å². The highest BCUT2D eigenvalue weighted by atomic mass is 14.9. The second kappa shape index (κ2) is 1.90. The molecule has 0 amide bonds. The van der Waals surface area contributed by atoms with Gasteiger partial charge in [0.15, 0.2) is 0 Å². The molecule has 0 heterocycles. The van der Waals surface area contributed by atoms with Crippen molar-refractivity contribution in [3.63, 3.8) is 0 Å². The summed E-state index contributed by atoms with van der Waals surface area (Å²) in [6, 6.07) is 0. The number of hydrogen-bond donors (Lipinski definition) is 0. The molecule has 2 heteroatoms. The third-order valence-electron chi connectivity index (χ3n) is 1.32. The van der Waals surface area contributed by atoms with Gasteiger partial charge < -0.3 is 5.53 Å². The van der Waals surface area contributed by atoms with Crippen LogP contribution in [0.5, 0.6) is 0 Å². The van der Waals surface area contributed by atoms with Gasteiger partial charge in [0.05, 0.1) is 0 Å². The van der Waals surface area contributed by atoms with Crippen LogP contribution in [0.25, 0.3) is 5.53 Å². The van der Waals surface area contributed by atoms with Crippen LogP contribution in [-0.2, 0) is 0 Å². The van der Waals surface area contributed by atoms with E-state index in [0.717, 1.165) is 18.6 Å². The summed E-state index contributed by atoms with van der Waals surface area (Å²) in [4.78, 5) is 3.10. The van der Waals surface area contributed by atoms with Crippen LogP contribution in [-0.4, -0.2) is 10.5 Å². The smallest absolute Gasteiger partial charge is 0.268 e. The minimum Gasteiger partial charge on any atom is -0.362 e. The van der Waals surface area contributed by atoms with Gasteiger partial charge in [-0.15, -0.1) is 0 Å². The largest absolute Gasteiger partial charge is 0.362 e. The highest BCUT2D eigenvalue weighted by Gasteiger charge is 2.13. The Labute approximate surface area is 42.8 Å². The van der Waals surface area contributed by atoms with Gasteiger partial charge in [0.25, 0.3) is 5.71 Å². The summed E-state index contributed by atoms with van der Waals surface area (Å²) >= 11 is 0. The third kappa shape index (κ3) is 0.875. The number of hydrogen-bond acceptors (Lipinski definition) is 0. The SMILES string of the molecule is [N-]=[N+]=C1CCCC1. The average Bonchev–Trinajstić information content (AvgIpc) is 2.14. The van der Waals surface area contributed by atoms with Crippen molar-refractivity contribution in [1.29, 1.82) is 0 Å². The molecule has 2 nitrogen and oxygen atoms in total. The Hall–Kier alpha value is -0.620. The lowest BCUT2D eigenvalue weighted by Gasteiger charge is -1.67. The molecule has 0 saturated heterocycles. The summed E-state index contributed by atoms with van der Waals surface area (Å²) in [5.41, 5.74) is 9.13. The van der Waals surface area contributed by atoms with Crippen LogP contribution in [0.3, 0.4) is 0 Å². The van der Waals surface area contributed by atoms with E-state index in [-0.39, 0.29) is 0 Å². The Morgan fingerprint density at radius 3 is 2.14 bits per heavy atom. The topological polar surface area (TPSA) is 36.4 Å². The van der Waals surface area contributed by atoms with Crippen LogP contribution in [0.2, 0.25) is 0 Å². The zero-order valence-electron chi connectivity index (χ0n) is 4.22. The quantitative estimate of drug-likeness (QED) is 0.321. The Morgan fingerprint density at radius 1 is 1.29 bits per heavy atom. The predicted molar refractivity (Wildman–Crippen MR) is 27.1 cm³/mol. The van der Waals surface area contributed by atoms with Crippen molar-refractivity contribution in [3.05, 3.63) is 5.53 Å². The number of rotatable bonds is 0. The molecule has 0 aliphatic heterocycles. The van der Waals surface area contributed by atoms with Gasteiger partial charge in [0.2, 0.25) is 0 Å². The molecule has 1 saturated carbocycles. The van der Waals surface area contributed by atoms with E-state index in [0.29, 0.717) is 0 Å². The fourth-order valence-electron chi connectivity index (χ4n) is 0.883. The summed E-state index contributed by atoms with van der Waals surface area (Å²) in [6.45, 7) is 0. The van der Waals surface area contributed by atoms with Crippen LogP contribution in [0.15, 0.2) is 0 Å². The first-order valence-corrected chi connectivity index (χ1v) is 2.63. The van der Waals surface area contributed by atoms with E-state index in [2.05, 4.69) is 4.79 Å². The van der Waals surface area contributed by atoms with Crippen molar-refractivity contribution >= 4 is 5.71 Å². The van der Waals surface area contributed by atoms with E-state index in [1.54, 1.807) is 0 Å². The van der Waals surface area contributed by atoms with Gasteiger partial charge in [-0.25, -0.2) is 0 Å². The maximum atomic E-state index is 8.15. The van der Waals surface area contributed by atoms with Gasteiger partial charge in [-0.05, 0) is 12.8 Å². The molecule has 38 valence electrons. The highest BCUT2D eigenvalue weighted by Crippen LogP contribution is 2.11. The van der Waals surface area contributed by atoms with E-state index in [4.69, 9.17) is 5.53 Å². The van der Waals surface area contributed by atoms with E-state index < -0.39 is 0 Å². The van der Waals surface area contributed by atoms with Gasteiger partial charge in [0.1, 0.15) is 0 Å². The first-order chi connectivity index (χ1) is 3.43. The molecule has 0 radical (unpaired) electrons. The minimum atomic E-state index is 0.972. The van der Waals surface area contributed by atoms with Crippen LogP contribution in [0.4, 0.5) is 0 Å². The van der Waals surface area contributed by atoms with Crippen molar-refractivity contribution < 1.29 is 4.79 Å². The Balaban J connectivity index is 2.57. The van der Waals surface area contributed by atoms with Crippen molar-refractivity contribution in [2.75, 3.05) is 0 Å². The first kappa shape index (κ1) is 4.54. The van der Waals surface area contributed by atoms with Crippen LogP contribution < -0.4 is 0 Å². The van der Waals surface area contributed by atoms with Gasteiger partial charge in [-0.2, -0.15) is 4.79 Å². The Kier molecular flexibility index (Phi) is 1.23. The second-order valence-electron chi connectivity index (χ2n) is 1.87. The van der Waals surface area contributed by atoms with Gasteiger partial charge in [-0.3, -0.25) is 0 Å². The van der Waals surface area contributed by atoms with Gasteiger partial charge >= 0.3 is 0 Å². The van der Waals surface area contributed by atoms with Crippen LogP contribution >= 0.6 is 0 Å². The van der Waals surface area contributed by atoms with Crippen molar-refractivity contribution in [3.8, 4) is 0 Å². The fourth-order valence-corrected chi connectivity index (χ4v) is 0.883. The van der Waals surface area contributed by atoms with Crippen LogP contribution in [0.1, 0.15) is 25.7 Å². The second-order valence-corrected chi connectivity index (χ2v) is 1.87.